The number of halogens is 1. The van der Waals surface area contributed by atoms with Gasteiger partial charge in [-0.3, -0.25) is 23.7 Å². The number of H-pyrrole nitrogens is 1. The van der Waals surface area contributed by atoms with Crippen LogP contribution < -0.4 is 20.9 Å². The molecule has 13 heteroatoms. The van der Waals surface area contributed by atoms with Gasteiger partial charge < -0.3 is 14.0 Å². The van der Waals surface area contributed by atoms with E-state index in [4.69, 9.17) is 13.8 Å². The van der Waals surface area contributed by atoms with E-state index < -0.39 is 43.8 Å². The van der Waals surface area contributed by atoms with Crippen LogP contribution in [0.1, 0.15) is 11.8 Å². The lowest BCUT2D eigenvalue weighted by molar-refractivity contribution is -0.139. The van der Waals surface area contributed by atoms with Crippen molar-refractivity contribution in [3.05, 3.63) is 73.5 Å². The molecule has 0 amide bonds. The number of nitrogens with zero attached hydrogens (tertiary/aromatic N) is 1. The Bertz CT molecular complexity index is 1160. The number of aromatic nitrogens is 2. The Morgan fingerprint density at radius 2 is 2.00 bits per heavy atom. The van der Waals surface area contributed by atoms with Crippen LogP contribution in [0.2, 0.25) is 0 Å². The maximum atomic E-state index is 13.2. The number of rotatable bonds is 9. The van der Waals surface area contributed by atoms with Crippen molar-refractivity contribution >= 4 is 29.6 Å². The lowest BCUT2D eigenvalue weighted by Crippen LogP contribution is -2.33. The van der Waals surface area contributed by atoms with Gasteiger partial charge in [-0.15, -0.1) is 0 Å². The minimum Gasteiger partial charge on any atom is -0.468 e. The molecule has 0 spiro atoms. The Hall–Kier alpha value is -2.50. The molecule has 11 nitrogen and oxygen atoms in total. The second-order valence-corrected chi connectivity index (χ2v) is 9.35. The molecule has 0 fully saturated rings. The molecule has 0 bridgehead atoms. The number of methoxy groups -OCH3 is 1. The van der Waals surface area contributed by atoms with Gasteiger partial charge in [0.2, 0.25) is 0 Å². The van der Waals surface area contributed by atoms with Crippen molar-refractivity contribution in [2.45, 2.75) is 19.3 Å². The molecular formula is C19H21BrN3O8P. The maximum Gasteiger partial charge on any atom is 0.459 e. The summed E-state index contributed by atoms with van der Waals surface area (Å²) in [4.78, 5) is 37.3. The van der Waals surface area contributed by atoms with Gasteiger partial charge in [0.1, 0.15) is 18.4 Å². The van der Waals surface area contributed by atoms with Crippen LogP contribution in [0.5, 0.6) is 5.75 Å². The Labute approximate surface area is 191 Å². The summed E-state index contributed by atoms with van der Waals surface area (Å²) in [5.74, 6) is -0.400. The van der Waals surface area contributed by atoms with Gasteiger partial charge in [-0.2, -0.15) is 0 Å². The number of carbonyl (C=O) groups is 1. The fraction of sp³-hybridized carbons (Fsp3) is 0.316. The molecule has 1 aliphatic heterocycles. The minimum atomic E-state index is -3.99. The summed E-state index contributed by atoms with van der Waals surface area (Å²) < 4.78 is 36.5. The van der Waals surface area contributed by atoms with Gasteiger partial charge in [0.25, 0.3) is 5.56 Å². The molecule has 0 saturated carbocycles. The van der Waals surface area contributed by atoms with Gasteiger partial charge in [-0.1, -0.05) is 22.0 Å². The second kappa shape index (κ2) is 10.4. The molecule has 3 rings (SSSR count). The summed E-state index contributed by atoms with van der Waals surface area (Å²) in [6, 6.07) is 6.54. The highest BCUT2D eigenvalue weighted by atomic mass is 79.9. The van der Waals surface area contributed by atoms with Crippen molar-refractivity contribution in [2.75, 3.05) is 20.3 Å². The summed E-state index contributed by atoms with van der Waals surface area (Å²) in [6.07, 6.45) is 3.18. The molecule has 2 N–H and O–H groups in total. The van der Waals surface area contributed by atoms with Gasteiger partial charge in [0.05, 0.1) is 13.7 Å². The van der Waals surface area contributed by atoms with Crippen molar-refractivity contribution in [3.63, 3.8) is 0 Å². The molecule has 172 valence electrons. The lowest BCUT2D eigenvalue weighted by Gasteiger charge is -2.22. The standard InChI is InChI=1S/C19H21BrN3O8P/c1-12-10-23(19(26)22-18(12)25)16-8-7-15(30-16)11-29-32(27,21-9-17(24)28-2)31-14-5-3-13(20)4-6-14/h3-8,10,15-16H,9,11H2,1-2H3,(H,21,27)(H,22,25,26)/t15-,16?,32?/m0/s1. The smallest absolute Gasteiger partial charge is 0.459 e. The van der Waals surface area contributed by atoms with Crippen LogP contribution >= 0.6 is 23.7 Å². The van der Waals surface area contributed by atoms with Gasteiger partial charge >= 0.3 is 19.4 Å². The predicted molar refractivity (Wildman–Crippen MR) is 117 cm³/mol. The van der Waals surface area contributed by atoms with Crippen LogP contribution in [-0.2, 0) is 23.4 Å². The highest BCUT2D eigenvalue weighted by Gasteiger charge is 2.31. The SMILES string of the molecule is COC(=O)CNP(=O)(OC[C@@H]1C=CC(n2cc(C)c(=O)[nH]c2=O)O1)Oc1ccc(Br)cc1. The van der Waals surface area contributed by atoms with E-state index in [-0.39, 0.29) is 12.4 Å². The van der Waals surface area contributed by atoms with E-state index in [0.717, 1.165) is 4.47 Å². The molecule has 3 atom stereocenters. The van der Waals surface area contributed by atoms with Crippen LogP contribution in [0.25, 0.3) is 0 Å². The molecule has 0 saturated heterocycles. The summed E-state index contributed by atoms with van der Waals surface area (Å²) in [5, 5.41) is 2.45. The van der Waals surface area contributed by atoms with Crippen LogP contribution in [0, 0.1) is 6.92 Å². The Morgan fingerprint density at radius 3 is 2.69 bits per heavy atom. The first-order valence-electron chi connectivity index (χ1n) is 9.36. The third-order valence-corrected chi connectivity index (χ3v) is 6.33. The molecule has 2 aromatic rings. The molecule has 1 aromatic heterocycles. The number of aromatic amines is 1. The van der Waals surface area contributed by atoms with Crippen molar-refractivity contribution < 1.29 is 27.9 Å². The number of benzene rings is 1. The van der Waals surface area contributed by atoms with Crippen LogP contribution in [0.3, 0.4) is 0 Å². The first-order valence-corrected chi connectivity index (χ1v) is 11.7. The molecular weight excluding hydrogens is 509 g/mol. The number of ether oxygens (including phenoxy) is 2. The third kappa shape index (κ3) is 6.27. The van der Waals surface area contributed by atoms with Crippen LogP contribution in [0.15, 0.2) is 56.7 Å². The first kappa shape index (κ1) is 24.1. The summed E-state index contributed by atoms with van der Waals surface area (Å²) in [7, 11) is -2.79. The molecule has 0 aliphatic carbocycles. The fourth-order valence-corrected chi connectivity index (χ4v) is 4.20. The van der Waals surface area contributed by atoms with E-state index in [1.54, 1.807) is 43.3 Å². The van der Waals surface area contributed by atoms with Gasteiger partial charge in [-0.25, -0.2) is 14.4 Å². The van der Waals surface area contributed by atoms with Crippen molar-refractivity contribution in [1.29, 1.82) is 0 Å². The molecule has 32 heavy (non-hydrogen) atoms. The van der Waals surface area contributed by atoms with Gasteiger partial charge in [0, 0.05) is 16.2 Å². The second-order valence-electron chi connectivity index (χ2n) is 6.68. The quantitative estimate of drug-likeness (QED) is 0.283. The molecule has 2 heterocycles. The predicted octanol–water partition coefficient (Wildman–Crippen LogP) is 2.03. The normalized spacial score (nSPS) is 19.5. The van der Waals surface area contributed by atoms with E-state index >= 15 is 0 Å². The first-order chi connectivity index (χ1) is 15.2. The Kier molecular flexibility index (Phi) is 7.86. The fourth-order valence-electron chi connectivity index (χ4n) is 2.66. The van der Waals surface area contributed by atoms with Crippen molar-refractivity contribution in [2.24, 2.45) is 0 Å². The number of esters is 1. The number of nitrogens with one attached hydrogen (secondary N) is 2. The van der Waals surface area contributed by atoms with Crippen LogP contribution in [-0.4, -0.2) is 41.9 Å². The Morgan fingerprint density at radius 1 is 1.28 bits per heavy atom. The summed E-state index contributed by atoms with van der Waals surface area (Å²) in [5.41, 5.74) is -0.752. The maximum absolute atomic E-state index is 13.2. The van der Waals surface area contributed by atoms with E-state index in [1.807, 2.05) is 0 Å². The summed E-state index contributed by atoms with van der Waals surface area (Å²) in [6.45, 7) is 0.961. The third-order valence-electron chi connectivity index (χ3n) is 4.32. The number of hydrogen-bond donors (Lipinski definition) is 2. The number of aryl methyl sites for hydroxylation is 1. The molecule has 0 radical (unpaired) electrons. The van der Waals surface area contributed by atoms with Crippen molar-refractivity contribution in [1.82, 2.24) is 14.6 Å². The van der Waals surface area contributed by atoms with Gasteiger partial charge in [-0.05, 0) is 37.3 Å². The van der Waals surface area contributed by atoms with E-state index in [9.17, 15) is 18.9 Å². The molecule has 2 unspecified atom stereocenters. The van der Waals surface area contributed by atoms with Gasteiger partial charge in [0.15, 0.2) is 6.23 Å². The summed E-state index contributed by atoms with van der Waals surface area (Å²) >= 11 is 3.30. The average Bonchev–Trinajstić information content (AvgIpc) is 3.24. The Balaban J connectivity index is 1.67. The topological polar surface area (TPSA) is 138 Å². The molecule has 1 aromatic carbocycles. The lowest BCUT2D eigenvalue weighted by atomic mass is 10.3. The highest BCUT2D eigenvalue weighted by Crippen LogP contribution is 2.44. The zero-order chi connectivity index (χ0) is 23.3. The highest BCUT2D eigenvalue weighted by molar-refractivity contribution is 9.10. The monoisotopic (exact) mass is 529 g/mol. The molecule has 1 aliphatic rings. The largest absolute Gasteiger partial charge is 0.468 e. The van der Waals surface area contributed by atoms with Crippen molar-refractivity contribution in [3.8, 4) is 5.75 Å². The van der Waals surface area contributed by atoms with Crippen LogP contribution in [0.4, 0.5) is 0 Å². The zero-order valence-electron chi connectivity index (χ0n) is 17.1. The number of carbonyl (C=O) groups excluding carboxylic acids is 1. The minimum absolute atomic E-state index is 0.202. The van der Waals surface area contributed by atoms with E-state index in [0.29, 0.717) is 5.56 Å². The van der Waals surface area contributed by atoms with E-state index in [1.165, 1.54) is 17.9 Å². The van der Waals surface area contributed by atoms with E-state index in [2.05, 4.69) is 30.7 Å². The zero-order valence-corrected chi connectivity index (χ0v) is 19.6. The number of hydrogen-bond acceptors (Lipinski definition) is 8. The average molecular weight is 530 g/mol.